The summed E-state index contributed by atoms with van der Waals surface area (Å²) in [5.41, 5.74) is -2.68. The zero-order valence-corrected chi connectivity index (χ0v) is 10.9. The van der Waals surface area contributed by atoms with Crippen molar-refractivity contribution < 1.29 is 23.0 Å². The molecule has 0 aliphatic carbocycles. The molecule has 0 fully saturated rings. The van der Waals surface area contributed by atoms with Gasteiger partial charge in [-0.25, -0.2) is 0 Å². The van der Waals surface area contributed by atoms with Gasteiger partial charge in [-0.2, -0.15) is 13.2 Å². The predicted molar refractivity (Wildman–Crippen MR) is 65.8 cm³/mol. The van der Waals surface area contributed by atoms with Crippen molar-refractivity contribution in [3.8, 4) is 5.75 Å². The van der Waals surface area contributed by atoms with Gasteiger partial charge in [0.25, 0.3) is 0 Å². The molecule has 0 bridgehead atoms. The van der Waals surface area contributed by atoms with E-state index >= 15 is 0 Å². The van der Waals surface area contributed by atoms with Crippen LogP contribution in [0.5, 0.6) is 5.75 Å². The lowest BCUT2D eigenvalue weighted by atomic mass is 10.1. The molecule has 1 atom stereocenters. The SMILES string of the molecule is Cc1ccc(OCCSC(F)(F)F)c([C@@H](C)O)c1. The van der Waals surface area contributed by atoms with Gasteiger partial charge in [0.1, 0.15) is 5.75 Å². The number of aryl methyl sites for hydroxylation is 1. The molecule has 0 heterocycles. The topological polar surface area (TPSA) is 29.5 Å². The summed E-state index contributed by atoms with van der Waals surface area (Å²) < 4.78 is 41.0. The number of hydrogen-bond donors (Lipinski definition) is 1. The van der Waals surface area contributed by atoms with Crippen molar-refractivity contribution in [2.24, 2.45) is 0 Å². The third-order valence-corrected chi connectivity index (χ3v) is 2.92. The van der Waals surface area contributed by atoms with Gasteiger partial charge in [-0.3, -0.25) is 0 Å². The molecule has 18 heavy (non-hydrogen) atoms. The van der Waals surface area contributed by atoms with Crippen LogP contribution in [0.25, 0.3) is 0 Å². The third-order valence-electron chi connectivity index (χ3n) is 2.22. The molecule has 6 heteroatoms. The smallest absolute Gasteiger partial charge is 0.441 e. The van der Waals surface area contributed by atoms with E-state index in [-0.39, 0.29) is 24.1 Å². The van der Waals surface area contributed by atoms with Crippen molar-refractivity contribution >= 4 is 11.8 Å². The number of alkyl halides is 3. The molecule has 0 saturated carbocycles. The van der Waals surface area contributed by atoms with Gasteiger partial charge in [-0.1, -0.05) is 11.6 Å². The van der Waals surface area contributed by atoms with Crippen LogP contribution in [0, 0.1) is 6.92 Å². The molecule has 1 rings (SSSR count). The largest absolute Gasteiger partial charge is 0.492 e. The molecule has 0 spiro atoms. The highest BCUT2D eigenvalue weighted by Crippen LogP contribution is 2.30. The molecule has 0 unspecified atom stereocenters. The number of aliphatic hydroxyl groups excluding tert-OH is 1. The highest BCUT2D eigenvalue weighted by Gasteiger charge is 2.27. The van der Waals surface area contributed by atoms with Gasteiger partial charge < -0.3 is 9.84 Å². The van der Waals surface area contributed by atoms with E-state index in [1.165, 1.54) is 0 Å². The Morgan fingerprint density at radius 2 is 2.06 bits per heavy atom. The molecule has 0 aliphatic heterocycles. The Morgan fingerprint density at radius 1 is 1.39 bits per heavy atom. The van der Waals surface area contributed by atoms with Gasteiger partial charge in [0, 0.05) is 11.3 Å². The second kappa shape index (κ2) is 6.33. The number of ether oxygens (including phenoxy) is 1. The number of halogens is 3. The molecule has 0 amide bonds. The molecule has 1 aromatic carbocycles. The maximum absolute atomic E-state index is 11.9. The number of thioether (sulfide) groups is 1. The second-order valence-corrected chi connectivity index (χ2v) is 5.02. The monoisotopic (exact) mass is 280 g/mol. The van der Waals surface area contributed by atoms with Crippen LogP contribution >= 0.6 is 11.8 Å². The van der Waals surface area contributed by atoms with Gasteiger partial charge in [0.2, 0.25) is 0 Å². The van der Waals surface area contributed by atoms with Crippen molar-refractivity contribution in [3.05, 3.63) is 29.3 Å². The van der Waals surface area contributed by atoms with Gasteiger partial charge >= 0.3 is 5.51 Å². The molecule has 1 aromatic rings. The van der Waals surface area contributed by atoms with Crippen LogP contribution in [0.2, 0.25) is 0 Å². The van der Waals surface area contributed by atoms with Crippen LogP contribution in [0.3, 0.4) is 0 Å². The summed E-state index contributed by atoms with van der Waals surface area (Å²) in [5.74, 6) is 0.259. The number of aliphatic hydroxyl groups is 1. The fraction of sp³-hybridized carbons (Fsp3) is 0.500. The van der Waals surface area contributed by atoms with Crippen molar-refractivity contribution in [1.29, 1.82) is 0 Å². The van der Waals surface area contributed by atoms with Gasteiger partial charge in [0.15, 0.2) is 0 Å². The van der Waals surface area contributed by atoms with E-state index in [2.05, 4.69) is 0 Å². The van der Waals surface area contributed by atoms with E-state index in [4.69, 9.17) is 4.74 Å². The Bertz CT molecular complexity index is 391. The first kappa shape index (κ1) is 15.2. The first-order valence-corrected chi connectivity index (χ1v) is 6.40. The zero-order valence-electron chi connectivity index (χ0n) is 10.1. The fourth-order valence-electron chi connectivity index (χ4n) is 1.43. The van der Waals surface area contributed by atoms with Crippen LogP contribution in [-0.2, 0) is 0 Å². The van der Waals surface area contributed by atoms with E-state index in [1.54, 1.807) is 25.1 Å². The number of benzene rings is 1. The van der Waals surface area contributed by atoms with Crippen molar-refractivity contribution in [3.63, 3.8) is 0 Å². The Hall–Kier alpha value is -0.880. The second-order valence-electron chi connectivity index (χ2n) is 3.86. The number of rotatable bonds is 5. The quantitative estimate of drug-likeness (QED) is 0.834. The minimum absolute atomic E-state index is 0.0487. The third kappa shape index (κ3) is 5.18. The summed E-state index contributed by atoms with van der Waals surface area (Å²) in [4.78, 5) is 0. The van der Waals surface area contributed by atoms with Crippen molar-refractivity contribution in [2.75, 3.05) is 12.4 Å². The fourth-order valence-corrected chi connectivity index (χ4v) is 1.83. The summed E-state index contributed by atoms with van der Waals surface area (Å²) in [6.07, 6.45) is -0.713. The average Bonchev–Trinajstić information content (AvgIpc) is 2.24. The first-order valence-electron chi connectivity index (χ1n) is 5.41. The minimum atomic E-state index is -4.23. The van der Waals surface area contributed by atoms with Crippen LogP contribution < -0.4 is 4.74 Å². The average molecular weight is 280 g/mol. The zero-order chi connectivity index (χ0) is 13.8. The molecule has 102 valence electrons. The number of hydrogen-bond acceptors (Lipinski definition) is 3. The Balaban J connectivity index is 2.57. The van der Waals surface area contributed by atoms with E-state index in [1.807, 2.05) is 6.92 Å². The van der Waals surface area contributed by atoms with Crippen LogP contribution in [-0.4, -0.2) is 23.0 Å². The van der Waals surface area contributed by atoms with E-state index in [9.17, 15) is 18.3 Å². The van der Waals surface area contributed by atoms with Crippen LogP contribution in [0.15, 0.2) is 18.2 Å². The molecule has 0 saturated heterocycles. The van der Waals surface area contributed by atoms with Gasteiger partial charge in [-0.05, 0) is 37.7 Å². The highest BCUT2D eigenvalue weighted by molar-refractivity contribution is 8.00. The van der Waals surface area contributed by atoms with E-state index in [0.717, 1.165) is 5.56 Å². The summed E-state index contributed by atoms with van der Waals surface area (Å²) in [5, 5.41) is 9.55. The van der Waals surface area contributed by atoms with Gasteiger partial charge in [-0.15, -0.1) is 0 Å². The standard InChI is InChI=1S/C12H15F3O2S/c1-8-3-4-11(10(7-8)9(2)16)17-5-6-18-12(13,14)15/h3-4,7,9,16H,5-6H2,1-2H3/t9-/m1/s1. The van der Waals surface area contributed by atoms with Crippen molar-refractivity contribution in [1.82, 2.24) is 0 Å². The Kier molecular flexibility index (Phi) is 5.34. The van der Waals surface area contributed by atoms with Crippen LogP contribution in [0.4, 0.5) is 13.2 Å². The molecule has 1 N–H and O–H groups in total. The molecule has 2 nitrogen and oxygen atoms in total. The molecular weight excluding hydrogens is 265 g/mol. The maximum atomic E-state index is 11.9. The van der Waals surface area contributed by atoms with Gasteiger partial charge in [0.05, 0.1) is 12.7 Å². The maximum Gasteiger partial charge on any atom is 0.441 e. The lowest BCUT2D eigenvalue weighted by Crippen LogP contribution is -2.09. The van der Waals surface area contributed by atoms with E-state index < -0.39 is 11.6 Å². The summed E-state index contributed by atoms with van der Waals surface area (Å²) in [6.45, 7) is 3.41. The summed E-state index contributed by atoms with van der Waals surface area (Å²) >= 11 is -0.117. The lowest BCUT2D eigenvalue weighted by molar-refractivity contribution is -0.0329. The molecule has 0 radical (unpaired) electrons. The minimum Gasteiger partial charge on any atom is -0.492 e. The molecular formula is C12H15F3O2S. The van der Waals surface area contributed by atoms with Crippen molar-refractivity contribution in [2.45, 2.75) is 25.5 Å². The molecule has 0 aliphatic rings. The molecule has 0 aromatic heterocycles. The highest BCUT2D eigenvalue weighted by atomic mass is 32.2. The van der Waals surface area contributed by atoms with E-state index in [0.29, 0.717) is 11.3 Å². The normalized spacial score (nSPS) is 13.4. The van der Waals surface area contributed by atoms with Crippen LogP contribution in [0.1, 0.15) is 24.2 Å². The Morgan fingerprint density at radius 3 is 2.61 bits per heavy atom. The lowest BCUT2D eigenvalue weighted by Gasteiger charge is -2.14. The Labute approximate surface area is 108 Å². The first-order chi connectivity index (χ1) is 8.29. The summed E-state index contributed by atoms with van der Waals surface area (Å²) in [7, 11) is 0. The predicted octanol–water partition coefficient (Wildman–Crippen LogP) is 3.68. The summed E-state index contributed by atoms with van der Waals surface area (Å²) in [6, 6.07) is 5.21.